The number of aromatic nitrogens is 1. The third-order valence-corrected chi connectivity index (χ3v) is 6.29. The minimum absolute atomic E-state index is 0.0388. The SMILES string of the molecule is CC1(C)OB(c2ccc(NS(=O)(=O)c3ccc(Cl)nc3)cc2)OC1(C)C. The smallest absolute Gasteiger partial charge is 0.399 e. The summed E-state index contributed by atoms with van der Waals surface area (Å²) in [6, 6.07) is 9.72. The van der Waals surface area contributed by atoms with E-state index in [2.05, 4.69) is 9.71 Å². The number of halogens is 1. The maximum atomic E-state index is 12.4. The van der Waals surface area contributed by atoms with E-state index in [1.807, 2.05) is 27.7 Å². The average Bonchev–Trinajstić information content (AvgIpc) is 2.76. The van der Waals surface area contributed by atoms with E-state index in [9.17, 15) is 8.42 Å². The van der Waals surface area contributed by atoms with Crippen LogP contribution in [0.3, 0.4) is 0 Å². The van der Waals surface area contributed by atoms with Crippen molar-refractivity contribution >= 4 is 39.9 Å². The minimum Gasteiger partial charge on any atom is -0.399 e. The first kappa shape index (κ1) is 19.2. The molecule has 0 amide bonds. The van der Waals surface area contributed by atoms with E-state index in [4.69, 9.17) is 20.9 Å². The molecule has 9 heteroatoms. The van der Waals surface area contributed by atoms with Gasteiger partial charge in [0.25, 0.3) is 10.0 Å². The van der Waals surface area contributed by atoms with Crippen molar-refractivity contribution in [2.24, 2.45) is 0 Å². The van der Waals surface area contributed by atoms with Gasteiger partial charge in [-0.2, -0.15) is 0 Å². The summed E-state index contributed by atoms with van der Waals surface area (Å²) in [5, 5.41) is 0.232. The fourth-order valence-electron chi connectivity index (χ4n) is 2.42. The van der Waals surface area contributed by atoms with E-state index in [1.165, 1.54) is 18.3 Å². The van der Waals surface area contributed by atoms with Crippen LogP contribution in [-0.2, 0) is 19.3 Å². The second-order valence-electron chi connectivity index (χ2n) is 7.13. The lowest BCUT2D eigenvalue weighted by Crippen LogP contribution is -2.41. The second kappa shape index (κ2) is 6.53. The molecule has 0 spiro atoms. The molecule has 26 heavy (non-hydrogen) atoms. The van der Waals surface area contributed by atoms with Crippen molar-refractivity contribution in [2.75, 3.05) is 4.72 Å². The van der Waals surface area contributed by atoms with Crippen LogP contribution in [0.5, 0.6) is 0 Å². The first-order valence-corrected chi connectivity index (χ1v) is 9.96. The Balaban J connectivity index is 1.75. The van der Waals surface area contributed by atoms with E-state index in [1.54, 1.807) is 24.3 Å². The molecule has 2 aromatic rings. The summed E-state index contributed by atoms with van der Waals surface area (Å²) in [6.45, 7) is 7.93. The van der Waals surface area contributed by atoms with E-state index in [0.29, 0.717) is 5.69 Å². The molecule has 0 radical (unpaired) electrons. The van der Waals surface area contributed by atoms with Crippen LogP contribution in [0.15, 0.2) is 47.5 Å². The third kappa shape index (κ3) is 3.73. The quantitative estimate of drug-likeness (QED) is 0.637. The van der Waals surface area contributed by atoms with E-state index in [-0.39, 0.29) is 10.0 Å². The molecule has 0 bridgehead atoms. The third-order valence-electron chi connectivity index (χ3n) is 4.70. The van der Waals surface area contributed by atoms with Crippen molar-refractivity contribution in [3.8, 4) is 0 Å². The summed E-state index contributed by atoms with van der Waals surface area (Å²) < 4.78 is 39.3. The van der Waals surface area contributed by atoms with Crippen LogP contribution in [0, 0.1) is 0 Å². The van der Waals surface area contributed by atoms with Gasteiger partial charge < -0.3 is 9.31 Å². The van der Waals surface area contributed by atoms with Gasteiger partial charge in [0.15, 0.2) is 0 Å². The molecule has 1 aliphatic rings. The molecular formula is C17H20BClN2O4S. The number of hydrogen-bond donors (Lipinski definition) is 1. The van der Waals surface area contributed by atoms with Crippen LogP contribution in [0.25, 0.3) is 0 Å². The molecule has 0 unspecified atom stereocenters. The van der Waals surface area contributed by atoms with Crippen LogP contribution in [0.4, 0.5) is 5.69 Å². The zero-order valence-electron chi connectivity index (χ0n) is 15.0. The van der Waals surface area contributed by atoms with Crippen molar-refractivity contribution in [3.05, 3.63) is 47.7 Å². The number of benzene rings is 1. The highest BCUT2D eigenvalue weighted by molar-refractivity contribution is 7.92. The lowest BCUT2D eigenvalue weighted by molar-refractivity contribution is 0.00578. The van der Waals surface area contributed by atoms with Crippen LogP contribution in [-0.4, -0.2) is 31.7 Å². The van der Waals surface area contributed by atoms with E-state index >= 15 is 0 Å². The molecule has 2 heterocycles. The Morgan fingerprint density at radius 1 is 1.00 bits per heavy atom. The van der Waals surface area contributed by atoms with Crippen LogP contribution < -0.4 is 10.2 Å². The Bertz CT molecular complexity index is 883. The van der Waals surface area contributed by atoms with Gasteiger partial charge in [-0.05, 0) is 57.4 Å². The number of rotatable bonds is 4. The van der Waals surface area contributed by atoms with Crippen molar-refractivity contribution in [1.82, 2.24) is 4.98 Å². The normalized spacial score (nSPS) is 18.7. The fourth-order valence-corrected chi connectivity index (χ4v) is 3.54. The Kier molecular flexibility index (Phi) is 4.81. The van der Waals surface area contributed by atoms with Crippen molar-refractivity contribution in [1.29, 1.82) is 0 Å². The summed E-state index contributed by atoms with van der Waals surface area (Å²) in [6.07, 6.45) is 1.21. The minimum atomic E-state index is -3.73. The highest BCUT2D eigenvalue weighted by Gasteiger charge is 2.51. The molecule has 1 N–H and O–H groups in total. The van der Waals surface area contributed by atoms with Gasteiger partial charge in [-0.1, -0.05) is 23.7 Å². The standard InChI is InChI=1S/C17H20BClN2O4S/c1-16(2)17(3,4)25-18(24-16)12-5-7-13(8-6-12)21-26(22,23)14-9-10-15(19)20-11-14/h5-11,21H,1-4H3. The van der Waals surface area contributed by atoms with Crippen molar-refractivity contribution in [3.63, 3.8) is 0 Å². The Morgan fingerprint density at radius 3 is 2.08 bits per heavy atom. The summed E-state index contributed by atoms with van der Waals surface area (Å²) in [5.41, 5.74) is 0.388. The van der Waals surface area contributed by atoms with Gasteiger partial charge in [0.2, 0.25) is 0 Å². The molecule has 1 fully saturated rings. The molecule has 6 nitrogen and oxygen atoms in total. The number of nitrogens with one attached hydrogen (secondary N) is 1. The van der Waals surface area contributed by atoms with E-state index < -0.39 is 28.3 Å². The highest BCUT2D eigenvalue weighted by Crippen LogP contribution is 2.36. The number of hydrogen-bond acceptors (Lipinski definition) is 5. The fraction of sp³-hybridized carbons (Fsp3) is 0.353. The molecule has 138 valence electrons. The predicted molar refractivity (Wildman–Crippen MR) is 102 cm³/mol. The van der Waals surface area contributed by atoms with Gasteiger partial charge in [-0.15, -0.1) is 0 Å². The molecule has 0 atom stereocenters. The number of anilines is 1. The number of sulfonamides is 1. The second-order valence-corrected chi connectivity index (χ2v) is 9.20. The van der Waals surface area contributed by atoms with Gasteiger partial charge in [0.1, 0.15) is 10.0 Å². The zero-order chi connectivity index (χ0) is 19.2. The maximum Gasteiger partial charge on any atom is 0.494 e. The Hall–Kier alpha value is -1.61. The van der Waals surface area contributed by atoms with Gasteiger partial charge in [0.05, 0.1) is 11.2 Å². The van der Waals surface area contributed by atoms with Crippen LogP contribution in [0.2, 0.25) is 5.15 Å². The summed E-state index contributed by atoms with van der Waals surface area (Å²) in [4.78, 5) is 3.83. The molecule has 1 saturated heterocycles. The van der Waals surface area contributed by atoms with Gasteiger partial charge in [-0.25, -0.2) is 13.4 Å². The zero-order valence-corrected chi connectivity index (χ0v) is 16.6. The van der Waals surface area contributed by atoms with Gasteiger partial charge in [-0.3, -0.25) is 4.72 Å². The summed E-state index contributed by atoms with van der Waals surface area (Å²) >= 11 is 5.69. The van der Waals surface area contributed by atoms with Crippen molar-refractivity contribution < 1.29 is 17.7 Å². The number of pyridine rings is 1. The summed E-state index contributed by atoms with van der Waals surface area (Å²) in [7, 11) is -4.23. The number of nitrogens with zero attached hydrogens (tertiary/aromatic N) is 1. The Morgan fingerprint density at radius 2 is 1.58 bits per heavy atom. The average molecular weight is 395 g/mol. The molecule has 3 rings (SSSR count). The maximum absolute atomic E-state index is 12.4. The first-order valence-electron chi connectivity index (χ1n) is 8.10. The monoisotopic (exact) mass is 394 g/mol. The molecule has 1 aromatic carbocycles. The lowest BCUT2D eigenvalue weighted by Gasteiger charge is -2.32. The molecule has 0 saturated carbocycles. The topological polar surface area (TPSA) is 77.5 Å². The van der Waals surface area contributed by atoms with Gasteiger partial charge >= 0.3 is 7.12 Å². The summed E-state index contributed by atoms with van der Waals surface area (Å²) in [5.74, 6) is 0. The molecular weight excluding hydrogens is 375 g/mol. The van der Waals surface area contributed by atoms with Crippen LogP contribution in [0.1, 0.15) is 27.7 Å². The largest absolute Gasteiger partial charge is 0.494 e. The molecule has 1 aromatic heterocycles. The van der Waals surface area contributed by atoms with E-state index in [0.717, 1.165) is 5.46 Å². The molecule has 0 aliphatic carbocycles. The van der Waals surface area contributed by atoms with Gasteiger partial charge in [0, 0.05) is 11.9 Å². The first-order chi connectivity index (χ1) is 12.0. The predicted octanol–water partition coefficient (Wildman–Crippen LogP) is 2.84. The Labute approximate surface area is 159 Å². The highest BCUT2D eigenvalue weighted by atomic mass is 35.5. The lowest BCUT2D eigenvalue weighted by atomic mass is 9.79. The van der Waals surface area contributed by atoms with Crippen LogP contribution >= 0.6 is 11.6 Å². The molecule has 1 aliphatic heterocycles. The van der Waals surface area contributed by atoms with Crippen molar-refractivity contribution in [2.45, 2.75) is 43.8 Å².